The monoisotopic (exact) mass is 328 g/mol. The van der Waals surface area contributed by atoms with Crippen LogP contribution in [0.1, 0.15) is 56.6 Å². The van der Waals surface area contributed by atoms with E-state index in [-0.39, 0.29) is 17.7 Å². The van der Waals surface area contributed by atoms with E-state index < -0.39 is 0 Å². The molecule has 2 saturated heterocycles. The summed E-state index contributed by atoms with van der Waals surface area (Å²) >= 11 is 0. The molecule has 130 valence electrons. The van der Waals surface area contributed by atoms with E-state index >= 15 is 0 Å². The van der Waals surface area contributed by atoms with Crippen molar-refractivity contribution in [3.05, 3.63) is 35.4 Å². The fourth-order valence-electron chi connectivity index (χ4n) is 3.89. The summed E-state index contributed by atoms with van der Waals surface area (Å²) in [5, 5.41) is 2.44. The summed E-state index contributed by atoms with van der Waals surface area (Å²) in [6, 6.07) is 9.43. The number of likely N-dealkylation sites (tertiary alicyclic amines) is 1. The molecule has 2 fully saturated rings. The van der Waals surface area contributed by atoms with Crippen molar-refractivity contribution >= 4 is 11.8 Å². The highest BCUT2D eigenvalue weighted by atomic mass is 16.2. The molecule has 2 aliphatic heterocycles. The molecule has 2 aliphatic rings. The first kappa shape index (κ1) is 17.2. The van der Waals surface area contributed by atoms with Crippen LogP contribution in [0.3, 0.4) is 0 Å². The van der Waals surface area contributed by atoms with Gasteiger partial charge in [-0.25, -0.2) is 0 Å². The predicted molar refractivity (Wildman–Crippen MR) is 94.7 cm³/mol. The third kappa shape index (κ3) is 4.04. The number of rotatable bonds is 4. The molecular formula is C20H28N2O2. The first-order valence-corrected chi connectivity index (χ1v) is 9.19. The van der Waals surface area contributed by atoms with Crippen molar-refractivity contribution in [1.29, 1.82) is 0 Å². The summed E-state index contributed by atoms with van der Waals surface area (Å²) in [6.45, 7) is 6.90. The van der Waals surface area contributed by atoms with Crippen LogP contribution in [-0.2, 0) is 16.0 Å². The molecule has 2 heterocycles. The number of benzene rings is 1. The largest absolute Gasteiger partial charge is 0.301 e. The van der Waals surface area contributed by atoms with Gasteiger partial charge >= 0.3 is 0 Å². The Labute approximate surface area is 144 Å². The second-order valence-corrected chi connectivity index (χ2v) is 7.50. The lowest BCUT2D eigenvalue weighted by Crippen LogP contribution is -2.41. The molecule has 3 rings (SSSR count). The van der Waals surface area contributed by atoms with Gasteiger partial charge in [-0.05, 0) is 69.7 Å². The zero-order valence-electron chi connectivity index (χ0n) is 14.8. The van der Waals surface area contributed by atoms with Gasteiger partial charge in [0.25, 0.3) is 0 Å². The van der Waals surface area contributed by atoms with Gasteiger partial charge in [-0.3, -0.25) is 14.9 Å². The molecular weight excluding hydrogens is 300 g/mol. The van der Waals surface area contributed by atoms with Crippen molar-refractivity contribution in [2.75, 3.05) is 13.1 Å². The number of amides is 2. The van der Waals surface area contributed by atoms with Crippen LogP contribution in [-0.4, -0.2) is 35.8 Å². The summed E-state index contributed by atoms with van der Waals surface area (Å²) in [5.41, 5.74) is 2.61. The minimum absolute atomic E-state index is 0.0668. The number of carbonyl (C=O) groups excluding carboxylic acids is 2. The number of carbonyl (C=O) groups is 2. The fourth-order valence-corrected chi connectivity index (χ4v) is 3.89. The van der Waals surface area contributed by atoms with Crippen molar-refractivity contribution in [3.63, 3.8) is 0 Å². The van der Waals surface area contributed by atoms with Crippen molar-refractivity contribution < 1.29 is 9.59 Å². The molecule has 1 N–H and O–H groups in total. The lowest BCUT2D eigenvalue weighted by atomic mass is 9.87. The molecule has 0 radical (unpaired) electrons. The van der Waals surface area contributed by atoms with E-state index in [1.165, 1.54) is 37.1 Å². The molecule has 0 spiro atoms. The van der Waals surface area contributed by atoms with Crippen LogP contribution in [0.25, 0.3) is 0 Å². The Hall–Kier alpha value is -1.68. The van der Waals surface area contributed by atoms with Gasteiger partial charge in [0.15, 0.2) is 0 Å². The molecule has 1 aromatic carbocycles. The summed E-state index contributed by atoms with van der Waals surface area (Å²) < 4.78 is 0. The van der Waals surface area contributed by atoms with Gasteiger partial charge in [0, 0.05) is 18.4 Å². The van der Waals surface area contributed by atoms with Crippen LogP contribution in [0.5, 0.6) is 0 Å². The molecule has 24 heavy (non-hydrogen) atoms. The second kappa shape index (κ2) is 7.47. The maximum absolute atomic E-state index is 11.9. The minimum atomic E-state index is -0.140. The van der Waals surface area contributed by atoms with Gasteiger partial charge < -0.3 is 4.90 Å². The molecule has 0 saturated carbocycles. The Morgan fingerprint density at radius 1 is 1.08 bits per heavy atom. The van der Waals surface area contributed by atoms with E-state index in [1.807, 2.05) is 0 Å². The normalized spacial score (nSPS) is 23.5. The van der Waals surface area contributed by atoms with Crippen LogP contribution >= 0.6 is 0 Å². The SMILES string of the molecule is CC(C)N1CCC(c2ccc(CC3CCC(=O)NC3=O)cc2)CC1. The zero-order valence-corrected chi connectivity index (χ0v) is 14.8. The predicted octanol–water partition coefficient (Wildman–Crippen LogP) is 2.87. The van der Waals surface area contributed by atoms with Crippen LogP contribution in [0.2, 0.25) is 0 Å². The van der Waals surface area contributed by atoms with Gasteiger partial charge in [0.05, 0.1) is 0 Å². The van der Waals surface area contributed by atoms with E-state index in [2.05, 4.69) is 48.3 Å². The van der Waals surface area contributed by atoms with Crippen molar-refractivity contribution in [3.8, 4) is 0 Å². The number of hydrogen-bond acceptors (Lipinski definition) is 3. The van der Waals surface area contributed by atoms with Gasteiger partial charge in [-0.15, -0.1) is 0 Å². The van der Waals surface area contributed by atoms with E-state index in [4.69, 9.17) is 0 Å². The number of nitrogens with zero attached hydrogens (tertiary/aromatic N) is 1. The Morgan fingerprint density at radius 3 is 2.33 bits per heavy atom. The minimum Gasteiger partial charge on any atom is -0.301 e. The van der Waals surface area contributed by atoms with Crippen LogP contribution in [0.4, 0.5) is 0 Å². The molecule has 4 heteroatoms. The Bertz CT molecular complexity index is 586. The first-order chi connectivity index (χ1) is 11.5. The van der Waals surface area contributed by atoms with E-state index in [0.29, 0.717) is 24.8 Å². The first-order valence-electron chi connectivity index (χ1n) is 9.19. The van der Waals surface area contributed by atoms with Gasteiger partial charge in [0.2, 0.25) is 11.8 Å². The number of nitrogens with one attached hydrogen (secondary N) is 1. The van der Waals surface area contributed by atoms with Gasteiger partial charge in [0.1, 0.15) is 0 Å². The average Bonchev–Trinajstić information content (AvgIpc) is 2.58. The fraction of sp³-hybridized carbons (Fsp3) is 0.600. The maximum atomic E-state index is 11.9. The summed E-state index contributed by atoms with van der Waals surface area (Å²) in [7, 11) is 0. The molecule has 2 amide bonds. The molecule has 0 aromatic heterocycles. The topological polar surface area (TPSA) is 49.4 Å². The van der Waals surface area contributed by atoms with Crippen LogP contribution < -0.4 is 5.32 Å². The van der Waals surface area contributed by atoms with Crippen LogP contribution in [0.15, 0.2) is 24.3 Å². The van der Waals surface area contributed by atoms with Crippen molar-refractivity contribution in [1.82, 2.24) is 10.2 Å². The standard InChI is InChI=1S/C20H28N2O2/c1-14(2)22-11-9-17(10-12-22)16-5-3-15(4-6-16)13-18-7-8-19(23)21-20(18)24/h3-6,14,17-18H,7-13H2,1-2H3,(H,21,23,24). The van der Waals surface area contributed by atoms with Gasteiger partial charge in [-0.2, -0.15) is 0 Å². The molecule has 4 nitrogen and oxygen atoms in total. The van der Waals surface area contributed by atoms with E-state index in [9.17, 15) is 9.59 Å². The molecule has 1 atom stereocenters. The Kier molecular flexibility index (Phi) is 5.34. The Morgan fingerprint density at radius 2 is 1.75 bits per heavy atom. The molecule has 0 bridgehead atoms. The summed E-state index contributed by atoms with van der Waals surface area (Å²) in [5.74, 6) is 0.336. The van der Waals surface area contributed by atoms with Crippen molar-refractivity contribution in [2.24, 2.45) is 5.92 Å². The molecule has 1 aromatic rings. The smallest absolute Gasteiger partial charge is 0.230 e. The number of imide groups is 1. The molecule has 1 unspecified atom stereocenters. The average molecular weight is 328 g/mol. The highest BCUT2D eigenvalue weighted by molar-refractivity contribution is 5.98. The summed E-state index contributed by atoms with van der Waals surface area (Å²) in [4.78, 5) is 25.6. The third-order valence-electron chi connectivity index (χ3n) is 5.55. The number of hydrogen-bond donors (Lipinski definition) is 1. The quantitative estimate of drug-likeness (QED) is 0.865. The van der Waals surface area contributed by atoms with E-state index in [0.717, 1.165) is 6.42 Å². The maximum Gasteiger partial charge on any atom is 0.230 e. The highest BCUT2D eigenvalue weighted by Gasteiger charge is 2.27. The van der Waals surface area contributed by atoms with Gasteiger partial charge in [-0.1, -0.05) is 24.3 Å². The highest BCUT2D eigenvalue weighted by Crippen LogP contribution is 2.29. The second-order valence-electron chi connectivity index (χ2n) is 7.50. The zero-order chi connectivity index (χ0) is 17.1. The molecule has 0 aliphatic carbocycles. The van der Waals surface area contributed by atoms with Crippen molar-refractivity contribution in [2.45, 2.75) is 57.9 Å². The number of piperidine rings is 2. The summed E-state index contributed by atoms with van der Waals surface area (Å²) in [6.07, 6.45) is 4.31. The lowest BCUT2D eigenvalue weighted by molar-refractivity contribution is -0.136. The third-order valence-corrected chi connectivity index (χ3v) is 5.55. The van der Waals surface area contributed by atoms with E-state index in [1.54, 1.807) is 0 Å². The lowest BCUT2D eigenvalue weighted by Gasteiger charge is -2.34. The van der Waals surface area contributed by atoms with Crippen LogP contribution in [0, 0.1) is 5.92 Å². The Balaban J connectivity index is 1.56.